The molecule has 4 nitrogen and oxygen atoms in total. The number of nitrogens with one attached hydrogen (secondary N) is 2. The number of carbonyl (C=O) groups is 1. The zero-order valence-corrected chi connectivity index (χ0v) is 16.5. The highest BCUT2D eigenvalue weighted by Gasteiger charge is 2.14. The summed E-state index contributed by atoms with van der Waals surface area (Å²) in [6.07, 6.45) is 7.62. The minimum atomic E-state index is 0.0369. The van der Waals surface area contributed by atoms with Crippen molar-refractivity contribution in [1.82, 2.24) is 15.3 Å². The summed E-state index contributed by atoms with van der Waals surface area (Å²) in [6.45, 7) is 0.720. The SMILES string of the molecule is O=C(NCCCCc1ccsc1)c1sccc1Cc1ccnc2[nH]ccc12. The van der Waals surface area contributed by atoms with Crippen LogP contribution in [0.4, 0.5) is 0 Å². The molecule has 4 rings (SSSR count). The summed E-state index contributed by atoms with van der Waals surface area (Å²) in [7, 11) is 0. The molecule has 0 radical (unpaired) electrons. The number of hydrogen-bond acceptors (Lipinski definition) is 4. The van der Waals surface area contributed by atoms with Gasteiger partial charge < -0.3 is 10.3 Å². The minimum absolute atomic E-state index is 0.0369. The van der Waals surface area contributed by atoms with Gasteiger partial charge in [0.25, 0.3) is 5.91 Å². The van der Waals surface area contributed by atoms with Gasteiger partial charge in [-0.05, 0) is 82.8 Å². The Morgan fingerprint density at radius 1 is 1.11 bits per heavy atom. The summed E-state index contributed by atoms with van der Waals surface area (Å²) in [5.41, 5.74) is 4.54. The van der Waals surface area contributed by atoms with Gasteiger partial charge in [0, 0.05) is 24.3 Å². The van der Waals surface area contributed by atoms with Gasteiger partial charge in [0.05, 0.1) is 4.88 Å². The molecule has 0 aromatic carbocycles. The Hall–Kier alpha value is -2.44. The molecule has 0 bridgehead atoms. The van der Waals surface area contributed by atoms with Crippen molar-refractivity contribution in [3.8, 4) is 0 Å². The fourth-order valence-corrected chi connectivity index (χ4v) is 4.77. The van der Waals surface area contributed by atoms with Crippen molar-refractivity contribution in [2.45, 2.75) is 25.7 Å². The molecule has 0 saturated heterocycles. The van der Waals surface area contributed by atoms with Crippen molar-refractivity contribution in [3.63, 3.8) is 0 Å². The van der Waals surface area contributed by atoms with Crippen LogP contribution in [0.3, 0.4) is 0 Å². The number of aromatic nitrogens is 2. The number of aromatic amines is 1. The van der Waals surface area contributed by atoms with Crippen molar-refractivity contribution in [2.75, 3.05) is 6.54 Å². The monoisotopic (exact) mass is 395 g/mol. The Bertz CT molecular complexity index is 1020. The van der Waals surface area contributed by atoms with E-state index in [-0.39, 0.29) is 5.91 Å². The molecule has 0 unspecified atom stereocenters. The van der Waals surface area contributed by atoms with Crippen LogP contribution < -0.4 is 5.32 Å². The van der Waals surface area contributed by atoms with Gasteiger partial charge in [-0.1, -0.05) is 0 Å². The molecule has 27 heavy (non-hydrogen) atoms. The normalized spacial score (nSPS) is 11.1. The summed E-state index contributed by atoms with van der Waals surface area (Å²) in [5.74, 6) is 0.0369. The zero-order chi connectivity index (χ0) is 18.5. The third kappa shape index (κ3) is 4.28. The van der Waals surface area contributed by atoms with Crippen LogP contribution in [0.2, 0.25) is 0 Å². The lowest BCUT2D eigenvalue weighted by Crippen LogP contribution is -2.24. The van der Waals surface area contributed by atoms with Crippen LogP contribution in [0.5, 0.6) is 0 Å². The Labute approximate surface area is 166 Å². The topological polar surface area (TPSA) is 57.8 Å². The third-order valence-electron chi connectivity index (χ3n) is 4.64. The van der Waals surface area contributed by atoms with Gasteiger partial charge >= 0.3 is 0 Å². The molecule has 6 heteroatoms. The zero-order valence-electron chi connectivity index (χ0n) is 14.9. The van der Waals surface area contributed by atoms with Gasteiger partial charge in [-0.25, -0.2) is 4.98 Å². The highest BCUT2D eigenvalue weighted by molar-refractivity contribution is 7.12. The lowest BCUT2D eigenvalue weighted by molar-refractivity contribution is 0.0956. The smallest absolute Gasteiger partial charge is 0.261 e. The predicted octanol–water partition coefficient (Wildman–Crippen LogP) is 5.03. The van der Waals surface area contributed by atoms with Crippen LogP contribution in [0, 0.1) is 0 Å². The van der Waals surface area contributed by atoms with E-state index < -0.39 is 0 Å². The maximum Gasteiger partial charge on any atom is 0.261 e. The second-order valence-corrected chi connectivity index (χ2v) is 8.20. The number of carbonyl (C=O) groups excluding carboxylic acids is 1. The molecule has 4 heterocycles. The van der Waals surface area contributed by atoms with Crippen molar-refractivity contribution in [2.24, 2.45) is 0 Å². The summed E-state index contributed by atoms with van der Waals surface area (Å²) >= 11 is 3.25. The standard InChI is InChI=1S/C21H21N3OS2/c25-21(24-8-2-1-3-15-6-11-26-14-15)19-17(7-12-27-19)13-16-4-9-22-20-18(16)5-10-23-20/h4-7,9-12,14H,1-3,8,13H2,(H,22,23)(H,24,25). The average molecular weight is 396 g/mol. The Balaban J connectivity index is 1.34. The maximum atomic E-state index is 12.6. The van der Waals surface area contributed by atoms with Crippen molar-refractivity contribution >= 4 is 39.6 Å². The van der Waals surface area contributed by atoms with Crippen molar-refractivity contribution < 1.29 is 4.79 Å². The van der Waals surface area contributed by atoms with E-state index in [0.717, 1.165) is 53.7 Å². The number of H-pyrrole nitrogens is 1. The minimum Gasteiger partial charge on any atom is -0.351 e. The maximum absolute atomic E-state index is 12.6. The second-order valence-electron chi connectivity index (χ2n) is 6.51. The molecular weight excluding hydrogens is 374 g/mol. The first kappa shape index (κ1) is 17.9. The molecule has 0 saturated carbocycles. The van der Waals surface area contributed by atoms with Gasteiger partial charge in [-0.3, -0.25) is 4.79 Å². The number of unbranched alkanes of at least 4 members (excludes halogenated alkanes) is 1. The van der Waals surface area contributed by atoms with Gasteiger partial charge in [0.2, 0.25) is 0 Å². The van der Waals surface area contributed by atoms with E-state index in [2.05, 4.69) is 38.2 Å². The van der Waals surface area contributed by atoms with Crippen LogP contribution in [0.25, 0.3) is 11.0 Å². The number of thiophene rings is 2. The summed E-state index contributed by atoms with van der Waals surface area (Å²) in [5, 5.41) is 10.5. The summed E-state index contributed by atoms with van der Waals surface area (Å²) < 4.78 is 0. The first-order valence-electron chi connectivity index (χ1n) is 9.08. The van der Waals surface area contributed by atoms with Crippen molar-refractivity contribution in [1.29, 1.82) is 0 Å². The van der Waals surface area contributed by atoms with Crippen LogP contribution in [-0.2, 0) is 12.8 Å². The molecule has 138 valence electrons. The van der Waals surface area contributed by atoms with Gasteiger partial charge in [-0.15, -0.1) is 11.3 Å². The van der Waals surface area contributed by atoms with Crippen LogP contribution in [-0.4, -0.2) is 22.4 Å². The largest absolute Gasteiger partial charge is 0.351 e. The molecule has 4 aromatic heterocycles. The highest BCUT2D eigenvalue weighted by atomic mass is 32.1. The first-order valence-corrected chi connectivity index (χ1v) is 10.9. The number of hydrogen-bond donors (Lipinski definition) is 2. The van der Waals surface area contributed by atoms with Crippen LogP contribution >= 0.6 is 22.7 Å². The van der Waals surface area contributed by atoms with E-state index in [1.54, 1.807) is 11.3 Å². The number of pyridine rings is 1. The number of aryl methyl sites for hydroxylation is 1. The lowest BCUT2D eigenvalue weighted by atomic mass is 10.0. The molecule has 0 aliphatic rings. The summed E-state index contributed by atoms with van der Waals surface area (Å²) in [6, 6.07) is 8.29. The van der Waals surface area contributed by atoms with Gasteiger partial charge in [-0.2, -0.15) is 11.3 Å². The number of fused-ring (bicyclic) bond motifs is 1. The third-order valence-corrected chi connectivity index (χ3v) is 6.33. The predicted molar refractivity (Wildman–Crippen MR) is 113 cm³/mol. The Morgan fingerprint density at radius 2 is 2.07 bits per heavy atom. The number of rotatable bonds is 8. The lowest BCUT2D eigenvalue weighted by Gasteiger charge is -2.07. The summed E-state index contributed by atoms with van der Waals surface area (Å²) in [4.78, 5) is 20.9. The van der Waals surface area contributed by atoms with Gasteiger partial charge in [0.15, 0.2) is 0 Å². The first-order chi connectivity index (χ1) is 13.3. The quantitative estimate of drug-likeness (QED) is 0.411. The van der Waals surface area contributed by atoms with E-state index in [1.165, 1.54) is 22.5 Å². The van der Waals surface area contributed by atoms with Crippen LogP contribution in [0.15, 0.2) is 52.8 Å². The average Bonchev–Trinajstić information content (AvgIpc) is 3.43. The fourth-order valence-electron chi connectivity index (χ4n) is 3.22. The molecule has 0 atom stereocenters. The molecular formula is C21H21N3OS2. The molecule has 0 spiro atoms. The molecule has 2 N–H and O–H groups in total. The van der Waals surface area contributed by atoms with E-state index >= 15 is 0 Å². The van der Waals surface area contributed by atoms with E-state index in [1.807, 2.05) is 29.9 Å². The van der Waals surface area contributed by atoms with E-state index in [9.17, 15) is 4.79 Å². The number of amides is 1. The highest BCUT2D eigenvalue weighted by Crippen LogP contribution is 2.24. The molecule has 0 fully saturated rings. The van der Waals surface area contributed by atoms with Crippen molar-refractivity contribution in [3.05, 3.63) is 74.4 Å². The van der Waals surface area contributed by atoms with E-state index in [4.69, 9.17) is 0 Å². The van der Waals surface area contributed by atoms with E-state index in [0.29, 0.717) is 0 Å². The van der Waals surface area contributed by atoms with Gasteiger partial charge in [0.1, 0.15) is 5.65 Å². The molecule has 0 aliphatic heterocycles. The second kappa shape index (κ2) is 8.50. The Kier molecular flexibility index (Phi) is 5.65. The molecule has 1 amide bonds. The van der Waals surface area contributed by atoms with Crippen LogP contribution in [0.1, 0.15) is 39.2 Å². The fraction of sp³-hybridized carbons (Fsp3) is 0.238. The Morgan fingerprint density at radius 3 is 2.96 bits per heavy atom. The molecule has 4 aromatic rings. The number of nitrogens with zero attached hydrogens (tertiary/aromatic N) is 1. The molecule has 0 aliphatic carbocycles.